The van der Waals surface area contributed by atoms with Gasteiger partial charge in [-0.1, -0.05) is 65.7 Å². The standard InChI is InChI=1S/C17H36O7.C10H21NO/c1-2-3-4-5-6-7-8-22-13-17(24-12-16(21)10-19)14-23-11-15(20)9-18;1-5-7-8-9(6-2)10(12)11(3)4/h15-21H,2-14H2,1H3;9H,5-8H2,1-4H3. The third-order valence-electron chi connectivity index (χ3n) is 5.69. The van der Waals surface area contributed by atoms with Crippen LogP contribution in [-0.2, 0) is 19.0 Å². The van der Waals surface area contributed by atoms with Crippen molar-refractivity contribution in [1.29, 1.82) is 0 Å². The SMILES string of the molecule is CCCCC(CC)C(=O)N(C)C.CCCCCCCCOCC(COCC(O)CO)OCC(O)CO. The normalized spacial score (nSPS) is 14.5. The van der Waals surface area contributed by atoms with Gasteiger partial charge in [0.15, 0.2) is 0 Å². The highest BCUT2D eigenvalue weighted by Gasteiger charge is 2.17. The van der Waals surface area contributed by atoms with Gasteiger partial charge in [0.2, 0.25) is 5.91 Å². The number of aliphatic hydroxyl groups excluding tert-OH is 4. The first-order valence-corrected chi connectivity index (χ1v) is 13.8. The lowest BCUT2D eigenvalue weighted by Crippen LogP contribution is -2.32. The quantitative estimate of drug-likeness (QED) is 0.151. The molecule has 36 heavy (non-hydrogen) atoms. The van der Waals surface area contributed by atoms with Gasteiger partial charge in [-0.3, -0.25) is 4.79 Å². The molecule has 0 aliphatic carbocycles. The van der Waals surface area contributed by atoms with E-state index in [4.69, 9.17) is 24.4 Å². The predicted octanol–water partition coefficient (Wildman–Crippen LogP) is 2.76. The van der Waals surface area contributed by atoms with Crippen molar-refractivity contribution in [1.82, 2.24) is 4.90 Å². The van der Waals surface area contributed by atoms with Crippen LogP contribution >= 0.6 is 0 Å². The summed E-state index contributed by atoms with van der Waals surface area (Å²) in [5.41, 5.74) is 0. The van der Waals surface area contributed by atoms with Crippen LogP contribution in [0.25, 0.3) is 0 Å². The molecule has 4 unspecified atom stereocenters. The summed E-state index contributed by atoms with van der Waals surface area (Å²) in [6.07, 6.45) is 9.26. The van der Waals surface area contributed by atoms with E-state index in [0.717, 1.165) is 32.1 Å². The maximum absolute atomic E-state index is 11.5. The molecule has 0 saturated carbocycles. The Kier molecular flexibility index (Phi) is 28.2. The third kappa shape index (κ3) is 23.6. The van der Waals surface area contributed by atoms with Gasteiger partial charge in [-0.2, -0.15) is 0 Å². The number of hydrogen-bond acceptors (Lipinski definition) is 8. The molecular formula is C27H57NO8. The number of carbonyl (C=O) groups excluding carboxylic acids is 1. The summed E-state index contributed by atoms with van der Waals surface area (Å²) in [7, 11) is 3.66. The highest BCUT2D eigenvalue weighted by Crippen LogP contribution is 2.14. The molecular weight excluding hydrogens is 466 g/mol. The predicted molar refractivity (Wildman–Crippen MR) is 143 cm³/mol. The summed E-state index contributed by atoms with van der Waals surface area (Å²) in [4.78, 5) is 13.2. The van der Waals surface area contributed by atoms with E-state index in [0.29, 0.717) is 13.2 Å². The van der Waals surface area contributed by atoms with E-state index in [1.165, 1.54) is 32.1 Å². The van der Waals surface area contributed by atoms with E-state index in [1.54, 1.807) is 4.90 Å². The van der Waals surface area contributed by atoms with Gasteiger partial charge in [0.1, 0.15) is 18.3 Å². The molecule has 9 nitrogen and oxygen atoms in total. The fourth-order valence-electron chi connectivity index (χ4n) is 3.35. The Balaban J connectivity index is 0. The lowest BCUT2D eigenvalue weighted by atomic mass is 9.98. The van der Waals surface area contributed by atoms with Crippen LogP contribution in [0.4, 0.5) is 0 Å². The third-order valence-corrected chi connectivity index (χ3v) is 5.69. The average molecular weight is 524 g/mol. The van der Waals surface area contributed by atoms with E-state index >= 15 is 0 Å². The Hall–Kier alpha value is -0.810. The first-order chi connectivity index (χ1) is 17.3. The molecule has 4 atom stereocenters. The molecule has 0 rings (SSSR count). The first-order valence-electron chi connectivity index (χ1n) is 13.8. The molecule has 0 aromatic rings. The van der Waals surface area contributed by atoms with Crippen LogP contribution in [0.5, 0.6) is 0 Å². The second-order valence-corrected chi connectivity index (χ2v) is 9.49. The molecule has 0 aromatic heterocycles. The van der Waals surface area contributed by atoms with Crippen molar-refractivity contribution in [3.05, 3.63) is 0 Å². The van der Waals surface area contributed by atoms with Crippen molar-refractivity contribution in [3.63, 3.8) is 0 Å². The maximum Gasteiger partial charge on any atom is 0.225 e. The van der Waals surface area contributed by atoms with E-state index in [-0.39, 0.29) is 44.9 Å². The smallest absolute Gasteiger partial charge is 0.225 e. The van der Waals surface area contributed by atoms with E-state index in [2.05, 4.69) is 20.8 Å². The fourth-order valence-corrected chi connectivity index (χ4v) is 3.35. The van der Waals surface area contributed by atoms with E-state index in [9.17, 15) is 15.0 Å². The monoisotopic (exact) mass is 523 g/mol. The minimum Gasteiger partial charge on any atom is -0.394 e. The van der Waals surface area contributed by atoms with Crippen LogP contribution in [0.3, 0.4) is 0 Å². The number of carbonyl (C=O) groups is 1. The lowest BCUT2D eigenvalue weighted by molar-refractivity contribution is -0.133. The second kappa shape index (κ2) is 27.2. The first kappa shape index (κ1) is 37.3. The van der Waals surface area contributed by atoms with Crippen LogP contribution < -0.4 is 0 Å². The average Bonchev–Trinajstić information content (AvgIpc) is 2.88. The largest absolute Gasteiger partial charge is 0.394 e. The van der Waals surface area contributed by atoms with Crippen molar-refractivity contribution in [3.8, 4) is 0 Å². The molecule has 9 heteroatoms. The highest BCUT2D eigenvalue weighted by molar-refractivity contribution is 5.78. The van der Waals surface area contributed by atoms with E-state index < -0.39 is 18.3 Å². The van der Waals surface area contributed by atoms with Gasteiger partial charge in [-0.15, -0.1) is 0 Å². The highest BCUT2D eigenvalue weighted by atomic mass is 16.6. The molecule has 0 aromatic carbocycles. The number of aliphatic hydroxyl groups is 4. The summed E-state index contributed by atoms with van der Waals surface area (Å²) >= 11 is 0. The molecule has 218 valence electrons. The molecule has 0 heterocycles. The van der Waals surface area contributed by atoms with Gasteiger partial charge in [0.25, 0.3) is 0 Å². The Morgan fingerprint density at radius 2 is 1.31 bits per heavy atom. The minimum absolute atomic E-state index is 0.00649. The summed E-state index contributed by atoms with van der Waals surface area (Å²) in [6, 6.07) is 0. The number of hydrogen-bond donors (Lipinski definition) is 4. The summed E-state index contributed by atoms with van der Waals surface area (Å²) < 4.78 is 16.3. The van der Waals surface area contributed by atoms with Crippen molar-refractivity contribution >= 4 is 5.91 Å². The molecule has 1 amide bonds. The molecule has 0 aliphatic heterocycles. The molecule has 0 saturated heterocycles. The lowest BCUT2D eigenvalue weighted by Gasteiger charge is -2.20. The topological polar surface area (TPSA) is 129 Å². The van der Waals surface area contributed by atoms with Crippen molar-refractivity contribution in [2.24, 2.45) is 5.92 Å². The molecule has 0 spiro atoms. The van der Waals surface area contributed by atoms with Gasteiger partial charge in [-0.05, 0) is 19.3 Å². The molecule has 4 N–H and O–H groups in total. The zero-order chi connectivity index (χ0) is 27.6. The van der Waals surface area contributed by atoms with Crippen LogP contribution in [0, 0.1) is 5.92 Å². The summed E-state index contributed by atoms with van der Waals surface area (Å²) in [5.74, 6) is 0.533. The number of nitrogens with zero attached hydrogens (tertiary/aromatic N) is 1. The van der Waals surface area contributed by atoms with Gasteiger partial charge in [0, 0.05) is 26.6 Å². The Bertz CT molecular complexity index is 467. The Morgan fingerprint density at radius 3 is 1.86 bits per heavy atom. The second-order valence-electron chi connectivity index (χ2n) is 9.49. The van der Waals surface area contributed by atoms with Crippen molar-refractivity contribution in [2.75, 3.05) is 60.3 Å². The summed E-state index contributed by atoms with van der Waals surface area (Å²) in [6.45, 7) is 6.87. The van der Waals surface area contributed by atoms with Gasteiger partial charge < -0.3 is 39.5 Å². The van der Waals surface area contributed by atoms with Crippen LogP contribution in [0.1, 0.15) is 85.0 Å². The Labute approximate surface area is 220 Å². The molecule has 0 aliphatic rings. The zero-order valence-corrected chi connectivity index (χ0v) is 23.7. The summed E-state index contributed by atoms with van der Waals surface area (Å²) in [5, 5.41) is 36.1. The maximum atomic E-state index is 11.5. The molecule has 0 bridgehead atoms. The fraction of sp³-hybridized carbons (Fsp3) is 0.963. The van der Waals surface area contributed by atoms with Crippen molar-refractivity contribution < 1.29 is 39.4 Å². The molecule has 0 radical (unpaired) electrons. The van der Waals surface area contributed by atoms with Crippen LogP contribution in [0.15, 0.2) is 0 Å². The van der Waals surface area contributed by atoms with Crippen molar-refractivity contribution in [2.45, 2.75) is 103 Å². The number of unbranched alkanes of at least 4 members (excludes halogenated alkanes) is 6. The van der Waals surface area contributed by atoms with Gasteiger partial charge in [-0.25, -0.2) is 0 Å². The number of amides is 1. The van der Waals surface area contributed by atoms with E-state index in [1.807, 2.05) is 14.1 Å². The number of ether oxygens (including phenoxy) is 3. The zero-order valence-electron chi connectivity index (χ0n) is 23.7. The van der Waals surface area contributed by atoms with Crippen LogP contribution in [-0.4, -0.2) is 110 Å². The molecule has 0 fully saturated rings. The minimum atomic E-state index is -0.936. The van der Waals surface area contributed by atoms with Gasteiger partial charge in [0.05, 0.1) is 39.6 Å². The number of rotatable bonds is 23. The van der Waals surface area contributed by atoms with Crippen LogP contribution in [0.2, 0.25) is 0 Å². The van der Waals surface area contributed by atoms with Gasteiger partial charge >= 0.3 is 0 Å². The Morgan fingerprint density at radius 1 is 0.750 bits per heavy atom.